The molecule has 2 aromatic heterocycles. The van der Waals surface area contributed by atoms with E-state index in [-0.39, 0.29) is 17.7 Å². The molecular formula is C24H26N6O4. The third-order valence-corrected chi connectivity index (χ3v) is 5.60. The van der Waals surface area contributed by atoms with E-state index in [4.69, 9.17) is 4.74 Å². The van der Waals surface area contributed by atoms with Gasteiger partial charge in [-0.05, 0) is 45.9 Å². The first-order valence-electron chi connectivity index (χ1n) is 10.9. The van der Waals surface area contributed by atoms with Crippen molar-refractivity contribution >= 4 is 28.9 Å². The fourth-order valence-electron chi connectivity index (χ4n) is 4.11. The van der Waals surface area contributed by atoms with Crippen LogP contribution in [0.25, 0.3) is 16.7 Å². The van der Waals surface area contributed by atoms with E-state index in [1.165, 1.54) is 12.5 Å². The highest BCUT2D eigenvalue weighted by molar-refractivity contribution is 6.07. The van der Waals surface area contributed by atoms with Crippen LogP contribution in [0.2, 0.25) is 0 Å². The Morgan fingerprint density at radius 3 is 2.65 bits per heavy atom. The largest absolute Gasteiger partial charge is 0.478 e. The zero-order valence-corrected chi connectivity index (χ0v) is 19.5. The van der Waals surface area contributed by atoms with Crippen molar-refractivity contribution < 1.29 is 19.4 Å². The van der Waals surface area contributed by atoms with Crippen LogP contribution >= 0.6 is 0 Å². The third kappa shape index (κ3) is 4.37. The third-order valence-electron chi connectivity index (χ3n) is 5.60. The van der Waals surface area contributed by atoms with Gasteiger partial charge in [0.25, 0.3) is 0 Å². The van der Waals surface area contributed by atoms with Crippen molar-refractivity contribution in [1.29, 1.82) is 5.26 Å². The maximum absolute atomic E-state index is 12.5. The topological polar surface area (TPSA) is 125 Å². The number of anilines is 1. The van der Waals surface area contributed by atoms with E-state index in [2.05, 4.69) is 16.0 Å². The molecule has 1 saturated heterocycles. The zero-order chi connectivity index (χ0) is 24.6. The van der Waals surface area contributed by atoms with Gasteiger partial charge in [0.2, 0.25) is 0 Å². The Balaban J connectivity index is 1.73. The predicted molar refractivity (Wildman–Crippen MR) is 125 cm³/mol. The minimum absolute atomic E-state index is 0.0646. The summed E-state index contributed by atoms with van der Waals surface area (Å²) in [5, 5.41) is 19.6. The lowest BCUT2D eigenvalue weighted by Crippen LogP contribution is -2.54. The molecule has 1 amide bonds. The number of ether oxygens (including phenoxy) is 1. The predicted octanol–water partition coefficient (Wildman–Crippen LogP) is 3.44. The molecule has 34 heavy (non-hydrogen) atoms. The monoisotopic (exact) mass is 462 g/mol. The van der Waals surface area contributed by atoms with E-state index >= 15 is 0 Å². The fourth-order valence-corrected chi connectivity index (χ4v) is 4.11. The molecule has 1 N–H and O–H groups in total. The van der Waals surface area contributed by atoms with Crippen molar-refractivity contribution in [1.82, 2.24) is 19.4 Å². The summed E-state index contributed by atoms with van der Waals surface area (Å²) in [7, 11) is 0. The number of carboxylic acids is 1. The average Bonchev–Trinajstić information content (AvgIpc) is 3.18. The fraction of sp³-hybridized carbons (Fsp3) is 0.375. The highest BCUT2D eigenvalue weighted by Gasteiger charge is 2.32. The maximum Gasteiger partial charge on any atom is 0.410 e. The molecule has 1 fully saturated rings. The van der Waals surface area contributed by atoms with Crippen LogP contribution in [0.15, 0.2) is 36.8 Å². The normalized spacial score (nSPS) is 16.4. The van der Waals surface area contributed by atoms with Crippen molar-refractivity contribution in [2.45, 2.75) is 39.3 Å². The van der Waals surface area contributed by atoms with Crippen LogP contribution in [0.4, 0.5) is 10.6 Å². The Morgan fingerprint density at radius 1 is 1.24 bits per heavy atom. The number of nitrogens with zero attached hydrogens (tertiary/aromatic N) is 6. The summed E-state index contributed by atoms with van der Waals surface area (Å²) >= 11 is 0. The van der Waals surface area contributed by atoms with Crippen molar-refractivity contribution in [2.24, 2.45) is 0 Å². The lowest BCUT2D eigenvalue weighted by molar-refractivity contribution is 0.0218. The summed E-state index contributed by atoms with van der Waals surface area (Å²) in [5.41, 5.74) is 0.994. The van der Waals surface area contributed by atoms with Gasteiger partial charge in [0.1, 0.15) is 17.7 Å². The molecular weight excluding hydrogens is 436 g/mol. The average molecular weight is 463 g/mol. The van der Waals surface area contributed by atoms with E-state index in [1.807, 2.05) is 32.6 Å². The van der Waals surface area contributed by atoms with E-state index in [0.717, 1.165) is 0 Å². The summed E-state index contributed by atoms with van der Waals surface area (Å²) in [6.07, 6.45) is 2.53. The molecule has 0 aliphatic carbocycles. The Bertz CT molecular complexity index is 1300. The number of amides is 1. The van der Waals surface area contributed by atoms with Gasteiger partial charge in [-0.25, -0.2) is 19.6 Å². The Kier molecular flexibility index (Phi) is 5.87. The van der Waals surface area contributed by atoms with E-state index in [1.54, 1.807) is 33.7 Å². The van der Waals surface area contributed by atoms with Gasteiger partial charge in [0.15, 0.2) is 5.65 Å². The number of aromatic nitrogens is 3. The van der Waals surface area contributed by atoms with Gasteiger partial charge in [-0.1, -0.05) is 6.07 Å². The molecule has 1 aliphatic rings. The van der Waals surface area contributed by atoms with E-state index < -0.39 is 11.6 Å². The summed E-state index contributed by atoms with van der Waals surface area (Å²) in [5.74, 6) is -0.606. The van der Waals surface area contributed by atoms with Crippen LogP contribution in [-0.2, 0) is 4.74 Å². The smallest absolute Gasteiger partial charge is 0.410 e. The highest BCUT2D eigenvalue weighted by atomic mass is 16.6. The Hall–Kier alpha value is -4.13. The van der Waals surface area contributed by atoms with Gasteiger partial charge in [-0.3, -0.25) is 0 Å². The summed E-state index contributed by atoms with van der Waals surface area (Å²) < 4.78 is 7.16. The van der Waals surface area contributed by atoms with Crippen LogP contribution in [-0.4, -0.2) is 67.9 Å². The molecule has 3 aromatic rings. The standard InChI is InChI=1S/C24H26N6O4/c1-15-12-28(23(33)34-24(2,3)4)8-9-29(15)20-19-18(22(31)32)13-30(21(19)27-14-26-20)17-7-5-6-16(10-17)11-25/h5-7,10,13-15H,8-9,12H2,1-4H3,(H,31,32)/t15-/m0/s1. The maximum atomic E-state index is 12.5. The molecule has 0 saturated carbocycles. The molecule has 0 bridgehead atoms. The van der Waals surface area contributed by atoms with Crippen molar-refractivity contribution in [3.8, 4) is 11.8 Å². The first-order chi connectivity index (χ1) is 16.1. The number of carbonyl (C=O) groups is 2. The molecule has 0 radical (unpaired) electrons. The molecule has 10 nitrogen and oxygen atoms in total. The number of hydrogen-bond acceptors (Lipinski definition) is 7. The molecule has 10 heteroatoms. The van der Waals surface area contributed by atoms with Gasteiger partial charge in [0, 0.05) is 37.6 Å². The minimum atomic E-state index is -1.10. The van der Waals surface area contributed by atoms with E-state index in [0.29, 0.717) is 47.7 Å². The number of benzene rings is 1. The summed E-state index contributed by atoms with van der Waals surface area (Å²) in [6.45, 7) is 8.72. The number of hydrogen-bond donors (Lipinski definition) is 1. The molecule has 1 atom stereocenters. The van der Waals surface area contributed by atoms with E-state index in [9.17, 15) is 20.0 Å². The van der Waals surface area contributed by atoms with Crippen LogP contribution < -0.4 is 4.90 Å². The minimum Gasteiger partial charge on any atom is -0.478 e. The quantitative estimate of drug-likeness (QED) is 0.628. The second-order valence-electron chi connectivity index (χ2n) is 9.24. The highest BCUT2D eigenvalue weighted by Crippen LogP contribution is 2.32. The Morgan fingerprint density at radius 2 is 2.00 bits per heavy atom. The summed E-state index contributed by atoms with van der Waals surface area (Å²) in [6, 6.07) is 8.84. The number of carbonyl (C=O) groups excluding carboxylic acids is 1. The molecule has 3 heterocycles. The Labute approximate surface area is 197 Å². The SMILES string of the molecule is C[C@H]1CN(C(=O)OC(C)(C)C)CCN1c1ncnc2c1c(C(=O)O)cn2-c1cccc(C#N)c1. The first-order valence-corrected chi connectivity index (χ1v) is 10.9. The van der Waals surface area contributed by atoms with Crippen LogP contribution in [0.1, 0.15) is 43.6 Å². The van der Waals surface area contributed by atoms with Crippen molar-refractivity contribution in [3.05, 3.63) is 47.9 Å². The number of rotatable bonds is 3. The lowest BCUT2D eigenvalue weighted by atomic mass is 10.1. The molecule has 0 unspecified atom stereocenters. The van der Waals surface area contributed by atoms with Gasteiger partial charge in [-0.15, -0.1) is 0 Å². The molecule has 4 rings (SSSR count). The van der Waals surface area contributed by atoms with Gasteiger partial charge >= 0.3 is 12.1 Å². The number of piperazine rings is 1. The number of nitriles is 1. The molecule has 176 valence electrons. The number of fused-ring (bicyclic) bond motifs is 1. The zero-order valence-electron chi connectivity index (χ0n) is 19.5. The van der Waals surface area contributed by atoms with Crippen LogP contribution in [0.5, 0.6) is 0 Å². The van der Waals surface area contributed by atoms with Gasteiger partial charge in [-0.2, -0.15) is 5.26 Å². The van der Waals surface area contributed by atoms with Crippen LogP contribution in [0.3, 0.4) is 0 Å². The van der Waals surface area contributed by atoms with Gasteiger partial charge < -0.3 is 24.2 Å². The molecule has 1 aliphatic heterocycles. The van der Waals surface area contributed by atoms with Gasteiger partial charge in [0.05, 0.1) is 22.6 Å². The molecule has 1 aromatic carbocycles. The number of aromatic carboxylic acids is 1. The summed E-state index contributed by atoms with van der Waals surface area (Å²) in [4.78, 5) is 37.2. The second kappa shape index (κ2) is 8.67. The van der Waals surface area contributed by atoms with Crippen LogP contribution in [0, 0.1) is 11.3 Å². The number of carboxylic acid groups (broad SMARTS) is 1. The molecule has 0 spiro atoms. The van der Waals surface area contributed by atoms with Crippen molar-refractivity contribution in [3.63, 3.8) is 0 Å². The lowest BCUT2D eigenvalue weighted by Gasteiger charge is -2.41. The second-order valence-corrected chi connectivity index (χ2v) is 9.24. The van der Waals surface area contributed by atoms with Crippen molar-refractivity contribution in [2.75, 3.05) is 24.5 Å². The first kappa shape index (κ1) is 23.0.